The van der Waals surface area contributed by atoms with Gasteiger partial charge in [-0.25, -0.2) is 8.42 Å². The Labute approximate surface area is 387 Å². The van der Waals surface area contributed by atoms with E-state index in [9.17, 15) is 18.0 Å². The number of benzene rings is 6. The van der Waals surface area contributed by atoms with E-state index in [2.05, 4.69) is 81.2 Å². The number of aryl methyl sites for hydroxylation is 2. The van der Waals surface area contributed by atoms with Gasteiger partial charge in [0.2, 0.25) is 9.84 Å². The van der Waals surface area contributed by atoms with Gasteiger partial charge in [0.25, 0.3) is 0 Å². The van der Waals surface area contributed by atoms with Crippen molar-refractivity contribution in [2.75, 3.05) is 30.1 Å². The third kappa shape index (κ3) is 9.46. The van der Waals surface area contributed by atoms with Crippen LogP contribution in [0.1, 0.15) is 30.9 Å². The molecule has 1 aliphatic rings. The number of methoxy groups -OCH3 is 1. The van der Waals surface area contributed by atoms with Crippen molar-refractivity contribution < 1.29 is 27.5 Å². The summed E-state index contributed by atoms with van der Waals surface area (Å²) in [5.74, 6) is -0.135. The lowest BCUT2D eigenvalue weighted by atomic mass is 10.0. The fourth-order valence-electron chi connectivity index (χ4n) is 8.14. The molecule has 326 valence electrons. The van der Waals surface area contributed by atoms with Gasteiger partial charge < -0.3 is 24.1 Å². The van der Waals surface area contributed by atoms with Crippen LogP contribution in [-0.4, -0.2) is 40.5 Å². The summed E-state index contributed by atoms with van der Waals surface area (Å²) in [6.07, 6.45) is 1.89. The molecule has 65 heavy (non-hydrogen) atoms. The van der Waals surface area contributed by atoms with Gasteiger partial charge in [-0.1, -0.05) is 72.8 Å². The molecule has 0 aliphatic carbocycles. The van der Waals surface area contributed by atoms with Crippen molar-refractivity contribution in [2.45, 2.75) is 42.4 Å². The Kier molecular flexibility index (Phi) is 12.9. The van der Waals surface area contributed by atoms with Crippen LogP contribution in [0.2, 0.25) is 0 Å². The van der Waals surface area contributed by atoms with Crippen LogP contribution in [0.5, 0.6) is 0 Å². The summed E-state index contributed by atoms with van der Waals surface area (Å²) in [5.41, 5.74) is 10.4. The van der Waals surface area contributed by atoms with Crippen molar-refractivity contribution in [3.05, 3.63) is 180 Å². The number of anilines is 6. The van der Waals surface area contributed by atoms with Crippen molar-refractivity contribution in [3.63, 3.8) is 0 Å². The van der Waals surface area contributed by atoms with Crippen LogP contribution in [-0.2, 0) is 41.7 Å². The maximum absolute atomic E-state index is 14.8. The Bertz CT molecular complexity index is 3040. The van der Waals surface area contributed by atoms with Gasteiger partial charge in [-0.2, -0.15) is 0 Å². The predicted molar refractivity (Wildman–Crippen MR) is 263 cm³/mol. The summed E-state index contributed by atoms with van der Waals surface area (Å²) >= 11 is 3.35. The summed E-state index contributed by atoms with van der Waals surface area (Å²) in [6.45, 7) is 2.18. The zero-order valence-corrected chi connectivity index (χ0v) is 38.4. The Hall–Kier alpha value is -6.63. The van der Waals surface area contributed by atoms with Crippen LogP contribution in [0.3, 0.4) is 0 Å². The number of Topliss-reactive ketones (excluding diaryl/α,β-unsaturated/α-hetero) is 1. The second kappa shape index (κ2) is 19.2. The number of esters is 1. The lowest BCUT2D eigenvalue weighted by Crippen LogP contribution is -2.12. The number of sulfone groups is 1. The van der Waals surface area contributed by atoms with E-state index < -0.39 is 9.84 Å². The topological polar surface area (TPSA) is 93.2 Å². The first kappa shape index (κ1) is 43.6. The molecular weight excluding hydrogens is 869 g/mol. The van der Waals surface area contributed by atoms with E-state index in [0.717, 1.165) is 54.8 Å². The number of thiophene rings is 2. The first-order valence-electron chi connectivity index (χ1n) is 21.4. The standard InChI is InChI=1S/C54H46N2O6S3/c1-37(57)7-8-38-9-18-42(19-10-38)55(44-22-14-40(15-23-44)50-5-3-33-63-50)46-26-28-48-49-29-27-47(36-53(49)65(59,60)52(48)35-46)56(45-24-16-41(17-25-45)51-6-4-34-64-51)43-20-11-39(12-21-43)13-30-54(58)62-32-31-61-2/h3-6,9-12,14-29,33-36H,7-8,13,30-32H2,1-2H3. The maximum atomic E-state index is 14.8. The monoisotopic (exact) mass is 914 g/mol. The third-order valence-corrected chi connectivity index (χ3v) is 15.2. The van der Waals surface area contributed by atoms with Crippen molar-refractivity contribution in [3.8, 4) is 32.0 Å². The first-order valence-corrected chi connectivity index (χ1v) is 24.6. The SMILES string of the molecule is COCCOC(=O)CCc1ccc(N(c2ccc(-c3cccs3)cc2)c2ccc3c(c2)S(=O)(=O)c2cc(N(c4ccc(CCC(C)=O)cc4)c4ccc(-c5cccs5)cc4)ccc2-3)cc1. The summed E-state index contributed by atoms with van der Waals surface area (Å²) in [4.78, 5) is 31.0. The van der Waals surface area contributed by atoms with E-state index in [-0.39, 0.29) is 34.6 Å². The van der Waals surface area contributed by atoms with Crippen molar-refractivity contribution in [1.82, 2.24) is 0 Å². The number of carbonyl (C=O) groups is 2. The molecule has 0 radical (unpaired) electrons. The van der Waals surface area contributed by atoms with Crippen molar-refractivity contribution in [2.24, 2.45) is 0 Å². The highest BCUT2D eigenvalue weighted by Crippen LogP contribution is 2.49. The molecule has 0 saturated carbocycles. The second-order valence-electron chi connectivity index (χ2n) is 15.8. The number of hydrogen-bond donors (Lipinski definition) is 0. The Morgan fingerprint density at radius 3 is 1.34 bits per heavy atom. The normalized spacial score (nSPS) is 12.3. The van der Waals surface area contributed by atoms with Crippen LogP contribution in [0.4, 0.5) is 34.1 Å². The van der Waals surface area contributed by atoms with Gasteiger partial charge in [-0.3, -0.25) is 4.79 Å². The molecule has 0 fully saturated rings. The molecule has 0 saturated heterocycles. The van der Waals surface area contributed by atoms with Crippen molar-refractivity contribution >= 4 is 78.4 Å². The van der Waals surface area contributed by atoms with E-state index in [0.29, 0.717) is 48.4 Å². The average molecular weight is 915 g/mol. The van der Waals surface area contributed by atoms with E-state index in [4.69, 9.17) is 9.47 Å². The third-order valence-electron chi connectivity index (χ3n) is 11.5. The number of ketones is 1. The summed E-state index contributed by atoms with van der Waals surface area (Å²) in [6, 6.07) is 52.3. The Balaban J connectivity index is 1.06. The van der Waals surface area contributed by atoms with Gasteiger partial charge >= 0.3 is 5.97 Å². The van der Waals surface area contributed by atoms with Crippen molar-refractivity contribution in [1.29, 1.82) is 0 Å². The molecular formula is C54H46N2O6S3. The minimum atomic E-state index is -3.97. The molecule has 1 aliphatic heterocycles. The lowest BCUT2D eigenvalue weighted by Gasteiger charge is -2.26. The highest BCUT2D eigenvalue weighted by Gasteiger charge is 2.35. The van der Waals surface area contributed by atoms with Gasteiger partial charge in [-0.15, -0.1) is 22.7 Å². The molecule has 3 heterocycles. The van der Waals surface area contributed by atoms with Crippen LogP contribution in [0, 0.1) is 0 Å². The van der Waals surface area contributed by atoms with Gasteiger partial charge in [0.1, 0.15) is 12.4 Å². The molecule has 8 aromatic rings. The highest BCUT2D eigenvalue weighted by atomic mass is 32.2. The van der Waals surface area contributed by atoms with Gasteiger partial charge in [0.05, 0.1) is 16.4 Å². The Morgan fingerprint density at radius 2 is 0.938 bits per heavy atom. The second-order valence-corrected chi connectivity index (χ2v) is 19.6. The molecule has 0 unspecified atom stereocenters. The zero-order valence-electron chi connectivity index (χ0n) is 36.0. The average Bonchev–Trinajstić information content (AvgIpc) is 4.12. The molecule has 0 spiro atoms. The summed E-state index contributed by atoms with van der Waals surface area (Å²) in [5, 5.41) is 4.11. The molecule has 0 amide bonds. The summed E-state index contributed by atoms with van der Waals surface area (Å²) in [7, 11) is -2.40. The van der Waals surface area contributed by atoms with E-state index >= 15 is 0 Å². The van der Waals surface area contributed by atoms with E-state index in [1.165, 1.54) is 0 Å². The molecule has 9 rings (SSSR count). The van der Waals surface area contributed by atoms with Gasteiger partial charge in [0, 0.05) is 75.0 Å². The van der Waals surface area contributed by atoms with Crippen LogP contribution in [0.25, 0.3) is 32.0 Å². The lowest BCUT2D eigenvalue weighted by molar-refractivity contribution is -0.144. The Morgan fingerprint density at radius 1 is 0.523 bits per heavy atom. The first-order chi connectivity index (χ1) is 31.7. The van der Waals surface area contributed by atoms with E-state index in [1.54, 1.807) is 48.8 Å². The predicted octanol–water partition coefficient (Wildman–Crippen LogP) is 13.5. The zero-order chi connectivity index (χ0) is 44.9. The molecule has 0 bridgehead atoms. The van der Waals surface area contributed by atoms with Crippen LogP contribution in [0.15, 0.2) is 178 Å². The minimum Gasteiger partial charge on any atom is -0.463 e. The van der Waals surface area contributed by atoms with Gasteiger partial charge in [0.15, 0.2) is 0 Å². The molecule has 0 atom stereocenters. The highest BCUT2D eigenvalue weighted by molar-refractivity contribution is 7.92. The minimum absolute atomic E-state index is 0.144. The quantitative estimate of drug-likeness (QED) is 0.0659. The molecule has 0 N–H and O–H groups in total. The summed E-state index contributed by atoms with van der Waals surface area (Å²) < 4.78 is 39.9. The number of nitrogens with zero attached hydrogens (tertiary/aromatic N) is 2. The largest absolute Gasteiger partial charge is 0.463 e. The molecule has 8 nitrogen and oxygen atoms in total. The fourth-order valence-corrected chi connectivity index (χ4v) is 11.3. The van der Waals surface area contributed by atoms with Gasteiger partial charge in [-0.05, 0) is 138 Å². The number of fused-ring (bicyclic) bond motifs is 3. The van der Waals surface area contributed by atoms with E-state index in [1.807, 2.05) is 84.9 Å². The number of hydrogen-bond acceptors (Lipinski definition) is 10. The van der Waals surface area contributed by atoms with Crippen LogP contribution >= 0.6 is 22.7 Å². The number of ether oxygens (including phenoxy) is 2. The molecule has 11 heteroatoms. The number of carbonyl (C=O) groups excluding carboxylic acids is 2. The smallest absolute Gasteiger partial charge is 0.306 e. The molecule has 2 aromatic heterocycles. The van der Waals surface area contributed by atoms with Crippen LogP contribution < -0.4 is 9.80 Å². The molecule has 6 aromatic carbocycles. The number of rotatable bonds is 17. The maximum Gasteiger partial charge on any atom is 0.306 e. The fraction of sp³-hybridized carbons (Fsp3) is 0.148.